The van der Waals surface area contributed by atoms with Gasteiger partial charge in [-0.05, 0) is 30.7 Å². The van der Waals surface area contributed by atoms with Crippen molar-refractivity contribution in [2.45, 2.75) is 6.92 Å². The Labute approximate surface area is 204 Å². The SMILES string of the molecule is COc1nc(N2CCNCC2)ccc1Nc1ncc2c(n1)N1CCN=C1C(c1ccc(C)cc1)=C2. The molecule has 0 bridgehead atoms. The molecule has 0 aliphatic carbocycles. The smallest absolute Gasteiger partial charge is 0.239 e. The number of ether oxygens (including phenoxy) is 1. The van der Waals surface area contributed by atoms with Crippen molar-refractivity contribution in [1.29, 1.82) is 0 Å². The average Bonchev–Trinajstić information content (AvgIpc) is 3.40. The molecule has 0 unspecified atom stereocenters. The Morgan fingerprint density at radius 2 is 1.83 bits per heavy atom. The first-order chi connectivity index (χ1) is 17.2. The van der Waals surface area contributed by atoms with Crippen molar-refractivity contribution in [3.8, 4) is 5.88 Å². The fourth-order valence-corrected chi connectivity index (χ4v) is 4.68. The molecule has 2 aromatic heterocycles. The Morgan fingerprint density at radius 1 is 1.00 bits per heavy atom. The van der Waals surface area contributed by atoms with Crippen LogP contribution < -0.4 is 25.2 Å². The summed E-state index contributed by atoms with van der Waals surface area (Å²) >= 11 is 0. The number of aliphatic imine (C=N–C) groups is 1. The lowest BCUT2D eigenvalue weighted by Gasteiger charge is -2.29. The van der Waals surface area contributed by atoms with E-state index in [1.54, 1.807) is 7.11 Å². The van der Waals surface area contributed by atoms with Gasteiger partial charge in [-0.2, -0.15) is 9.97 Å². The Bertz CT molecular complexity index is 1310. The third kappa shape index (κ3) is 4.08. The minimum atomic E-state index is 0.497. The zero-order chi connectivity index (χ0) is 23.8. The number of aromatic nitrogens is 3. The van der Waals surface area contributed by atoms with E-state index in [-0.39, 0.29) is 0 Å². The lowest BCUT2D eigenvalue weighted by molar-refractivity contribution is 0.399. The molecule has 0 spiro atoms. The zero-order valence-corrected chi connectivity index (χ0v) is 20.0. The molecule has 5 heterocycles. The van der Waals surface area contributed by atoms with E-state index < -0.39 is 0 Å². The Kier molecular flexibility index (Phi) is 5.54. The minimum absolute atomic E-state index is 0.497. The van der Waals surface area contributed by atoms with Crippen molar-refractivity contribution < 1.29 is 4.74 Å². The molecule has 3 aliphatic rings. The van der Waals surface area contributed by atoms with Gasteiger partial charge >= 0.3 is 0 Å². The first kappa shape index (κ1) is 21.5. The predicted octanol–water partition coefficient (Wildman–Crippen LogP) is 3.11. The van der Waals surface area contributed by atoms with Crippen molar-refractivity contribution in [3.63, 3.8) is 0 Å². The van der Waals surface area contributed by atoms with E-state index in [9.17, 15) is 0 Å². The molecule has 178 valence electrons. The first-order valence-electron chi connectivity index (χ1n) is 12.0. The van der Waals surface area contributed by atoms with Gasteiger partial charge in [0.15, 0.2) is 0 Å². The number of hydrogen-bond acceptors (Lipinski definition) is 9. The highest BCUT2D eigenvalue weighted by Gasteiger charge is 2.30. The van der Waals surface area contributed by atoms with E-state index in [4.69, 9.17) is 19.7 Å². The summed E-state index contributed by atoms with van der Waals surface area (Å²) in [6.07, 6.45) is 4.00. The number of benzene rings is 1. The van der Waals surface area contributed by atoms with E-state index in [0.717, 1.165) is 79.1 Å². The average molecular weight is 469 g/mol. The van der Waals surface area contributed by atoms with Gasteiger partial charge < -0.3 is 25.2 Å². The third-order valence-corrected chi connectivity index (χ3v) is 6.52. The fraction of sp³-hybridized carbons (Fsp3) is 0.308. The van der Waals surface area contributed by atoms with Crippen LogP contribution in [0.5, 0.6) is 5.88 Å². The quantitative estimate of drug-likeness (QED) is 0.590. The third-order valence-electron chi connectivity index (χ3n) is 6.52. The van der Waals surface area contributed by atoms with Gasteiger partial charge in [0.25, 0.3) is 0 Å². The van der Waals surface area contributed by atoms with Crippen molar-refractivity contribution in [2.75, 3.05) is 61.5 Å². The highest BCUT2D eigenvalue weighted by atomic mass is 16.5. The highest BCUT2D eigenvalue weighted by Crippen LogP contribution is 2.36. The maximum atomic E-state index is 5.59. The summed E-state index contributed by atoms with van der Waals surface area (Å²) in [7, 11) is 1.63. The number of anilines is 4. The Balaban J connectivity index is 1.30. The maximum absolute atomic E-state index is 5.59. The van der Waals surface area contributed by atoms with Gasteiger partial charge in [-0.3, -0.25) is 4.99 Å². The first-order valence-corrected chi connectivity index (χ1v) is 12.0. The van der Waals surface area contributed by atoms with Gasteiger partial charge in [-0.25, -0.2) is 4.98 Å². The molecule has 9 heteroatoms. The second kappa shape index (κ2) is 8.99. The van der Waals surface area contributed by atoms with Gasteiger partial charge in [0.05, 0.1) is 13.7 Å². The molecular formula is C26H28N8O. The molecule has 3 aliphatic heterocycles. The summed E-state index contributed by atoms with van der Waals surface area (Å²) in [5, 5.41) is 6.67. The number of methoxy groups -OCH3 is 1. The number of piperazine rings is 1. The molecule has 9 nitrogen and oxygen atoms in total. The lowest BCUT2D eigenvalue weighted by Crippen LogP contribution is -2.43. The normalized spacial score (nSPS) is 16.9. The van der Waals surface area contributed by atoms with E-state index in [0.29, 0.717) is 11.8 Å². The summed E-state index contributed by atoms with van der Waals surface area (Å²) in [6, 6.07) is 12.5. The molecule has 2 N–H and O–H groups in total. The second-order valence-corrected chi connectivity index (χ2v) is 8.84. The number of rotatable bonds is 5. The summed E-state index contributed by atoms with van der Waals surface area (Å²) in [5.74, 6) is 3.75. The van der Waals surface area contributed by atoms with E-state index in [2.05, 4.69) is 62.7 Å². The topological polar surface area (TPSA) is 90.8 Å². The standard InChI is InChI=1S/C26H28N8O/c1-17-3-5-18(6-4-17)20-15-19-16-29-26(32-23(19)34-14-11-28-24(20)34)30-21-7-8-22(31-25(21)35-2)33-12-9-27-10-13-33/h3-8,15-16,27H,9-14H2,1-2H3,(H,29,30,32). The molecule has 0 atom stereocenters. The second-order valence-electron chi connectivity index (χ2n) is 8.84. The van der Waals surface area contributed by atoms with Crippen LogP contribution in [0, 0.1) is 6.92 Å². The van der Waals surface area contributed by atoms with Crippen LogP contribution in [0.4, 0.5) is 23.3 Å². The van der Waals surface area contributed by atoms with Gasteiger partial charge in [-0.15, -0.1) is 0 Å². The summed E-state index contributed by atoms with van der Waals surface area (Å²) in [4.78, 5) is 23.4. The Hall–Kier alpha value is -3.98. The minimum Gasteiger partial charge on any atom is -0.479 e. The Morgan fingerprint density at radius 3 is 2.63 bits per heavy atom. The number of nitrogens with zero attached hydrogens (tertiary/aromatic N) is 6. The monoisotopic (exact) mass is 468 g/mol. The van der Waals surface area contributed by atoms with Crippen LogP contribution in [0.2, 0.25) is 0 Å². The van der Waals surface area contributed by atoms with Crippen LogP contribution in [0.1, 0.15) is 16.7 Å². The maximum Gasteiger partial charge on any atom is 0.239 e. The number of pyridine rings is 1. The molecule has 0 amide bonds. The fourth-order valence-electron chi connectivity index (χ4n) is 4.68. The van der Waals surface area contributed by atoms with Crippen molar-refractivity contribution >= 4 is 40.8 Å². The van der Waals surface area contributed by atoms with Crippen LogP contribution in [0.3, 0.4) is 0 Å². The molecule has 1 fully saturated rings. The molecule has 35 heavy (non-hydrogen) atoms. The highest BCUT2D eigenvalue weighted by molar-refractivity contribution is 6.35. The van der Waals surface area contributed by atoms with Crippen molar-refractivity contribution in [1.82, 2.24) is 20.3 Å². The number of hydrogen-bond donors (Lipinski definition) is 2. The number of amidine groups is 1. The van der Waals surface area contributed by atoms with Crippen molar-refractivity contribution in [2.24, 2.45) is 4.99 Å². The number of aryl methyl sites for hydroxylation is 1. The molecule has 3 aromatic rings. The van der Waals surface area contributed by atoms with Crippen LogP contribution in [-0.2, 0) is 0 Å². The van der Waals surface area contributed by atoms with Gasteiger partial charge in [0.1, 0.15) is 23.2 Å². The van der Waals surface area contributed by atoms with Crippen LogP contribution >= 0.6 is 0 Å². The summed E-state index contributed by atoms with van der Waals surface area (Å²) in [6.45, 7) is 7.40. The molecule has 0 saturated carbocycles. The molecule has 6 rings (SSSR count). The largest absolute Gasteiger partial charge is 0.479 e. The molecule has 1 aromatic carbocycles. The van der Waals surface area contributed by atoms with Crippen molar-refractivity contribution in [3.05, 3.63) is 59.3 Å². The van der Waals surface area contributed by atoms with Crippen LogP contribution in [-0.4, -0.2) is 67.2 Å². The summed E-state index contributed by atoms with van der Waals surface area (Å²) < 4.78 is 5.59. The van der Waals surface area contributed by atoms with Gasteiger partial charge in [0, 0.05) is 50.1 Å². The van der Waals surface area contributed by atoms with Crippen LogP contribution in [0.25, 0.3) is 11.6 Å². The summed E-state index contributed by atoms with van der Waals surface area (Å²) in [5.41, 5.74) is 5.20. The molecule has 0 radical (unpaired) electrons. The molecular weight excluding hydrogens is 440 g/mol. The lowest BCUT2D eigenvalue weighted by atomic mass is 9.98. The van der Waals surface area contributed by atoms with Gasteiger partial charge in [-0.1, -0.05) is 29.8 Å². The molecule has 1 saturated heterocycles. The van der Waals surface area contributed by atoms with E-state index >= 15 is 0 Å². The number of fused-ring (bicyclic) bond motifs is 3. The van der Waals surface area contributed by atoms with E-state index in [1.165, 1.54) is 5.56 Å². The number of nitrogens with one attached hydrogen (secondary N) is 2. The van der Waals surface area contributed by atoms with Crippen LogP contribution in [0.15, 0.2) is 47.6 Å². The zero-order valence-electron chi connectivity index (χ0n) is 20.0. The van der Waals surface area contributed by atoms with Gasteiger partial charge in [0.2, 0.25) is 11.8 Å². The predicted molar refractivity (Wildman–Crippen MR) is 140 cm³/mol. The van der Waals surface area contributed by atoms with E-state index in [1.807, 2.05) is 18.3 Å².